The smallest absolute Gasteiger partial charge is 0.282 e. The standard InChI is InChI=1S/C21H19N3O5/c1-2-28-18-9-5-6-10-19(18)29-20-12-11-15(13-22-20)14-23-21(25)16-7-3-4-8-17(16)24(26)27/h3-13H,2,14H2,1H3,(H,23,25). The third kappa shape index (κ3) is 5.07. The van der Waals surface area contributed by atoms with Crippen LogP contribution < -0.4 is 14.8 Å². The normalized spacial score (nSPS) is 10.2. The number of ether oxygens (including phenoxy) is 2. The van der Waals surface area contributed by atoms with E-state index in [0.717, 1.165) is 5.56 Å². The summed E-state index contributed by atoms with van der Waals surface area (Å²) >= 11 is 0. The quantitative estimate of drug-likeness (QED) is 0.456. The fraction of sp³-hybridized carbons (Fsp3) is 0.143. The zero-order valence-electron chi connectivity index (χ0n) is 15.7. The van der Waals surface area contributed by atoms with E-state index in [4.69, 9.17) is 9.47 Å². The van der Waals surface area contributed by atoms with Gasteiger partial charge in [-0.2, -0.15) is 0 Å². The zero-order valence-corrected chi connectivity index (χ0v) is 15.7. The lowest BCUT2D eigenvalue weighted by Crippen LogP contribution is -2.23. The van der Waals surface area contributed by atoms with Gasteiger partial charge in [-0.3, -0.25) is 14.9 Å². The van der Waals surface area contributed by atoms with Crippen LogP contribution in [0.3, 0.4) is 0 Å². The number of hydrogen-bond acceptors (Lipinski definition) is 6. The number of carbonyl (C=O) groups excluding carboxylic acids is 1. The zero-order chi connectivity index (χ0) is 20.6. The van der Waals surface area contributed by atoms with Crippen molar-refractivity contribution in [2.45, 2.75) is 13.5 Å². The Hall–Kier alpha value is -3.94. The number of pyridine rings is 1. The fourth-order valence-electron chi connectivity index (χ4n) is 2.60. The lowest BCUT2D eigenvalue weighted by molar-refractivity contribution is -0.385. The summed E-state index contributed by atoms with van der Waals surface area (Å²) in [4.78, 5) is 27.0. The number of para-hydroxylation sites is 3. The Balaban J connectivity index is 1.63. The van der Waals surface area contributed by atoms with Crippen LogP contribution in [0.15, 0.2) is 66.9 Å². The van der Waals surface area contributed by atoms with Crippen molar-refractivity contribution in [1.82, 2.24) is 10.3 Å². The highest BCUT2D eigenvalue weighted by Gasteiger charge is 2.18. The Morgan fingerprint density at radius 3 is 2.48 bits per heavy atom. The van der Waals surface area contributed by atoms with E-state index < -0.39 is 10.8 Å². The van der Waals surface area contributed by atoms with Crippen LogP contribution in [0.5, 0.6) is 17.4 Å². The first kappa shape index (κ1) is 19.8. The van der Waals surface area contributed by atoms with Gasteiger partial charge in [0.15, 0.2) is 11.5 Å². The molecule has 148 valence electrons. The minimum atomic E-state index is -0.581. The molecule has 8 nitrogen and oxygen atoms in total. The molecule has 0 aliphatic rings. The molecule has 0 saturated heterocycles. The van der Waals surface area contributed by atoms with Crippen molar-refractivity contribution in [2.24, 2.45) is 0 Å². The Morgan fingerprint density at radius 2 is 1.79 bits per heavy atom. The molecule has 1 amide bonds. The van der Waals surface area contributed by atoms with Crippen molar-refractivity contribution >= 4 is 11.6 Å². The first-order valence-electron chi connectivity index (χ1n) is 8.94. The molecule has 8 heteroatoms. The maximum atomic E-state index is 12.3. The number of benzene rings is 2. The second-order valence-electron chi connectivity index (χ2n) is 5.94. The molecule has 1 N–H and O–H groups in total. The van der Waals surface area contributed by atoms with E-state index in [2.05, 4.69) is 10.3 Å². The van der Waals surface area contributed by atoms with Crippen LogP contribution in [0.2, 0.25) is 0 Å². The molecule has 3 aromatic rings. The summed E-state index contributed by atoms with van der Waals surface area (Å²) in [6.45, 7) is 2.59. The van der Waals surface area contributed by atoms with E-state index in [1.54, 1.807) is 30.5 Å². The highest BCUT2D eigenvalue weighted by Crippen LogP contribution is 2.30. The van der Waals surface area contributed by atoms with Gasteiger partial charge in [0.25, 0.3) is 11.6 Å². The number of nitro groups is 1. The second-order valence-corrected chi connectivity index (χ2v) is 5.94. The van der Waals surface area contributed by atoms with Crippen LogP contribution in [-0.2, 0) is 6.54 Å². The van der Waals surface area contributed by atoms with Gasteiger partial charge in [0.05, 0.1) is 11.5 Å². The SMILES string of the molecule is CCOc1ccccc1Oc1ccc(CNC(=O)c2ccccc2[N+](=O)[O-])cn1. The summed E-state index contributed by atoms with van der Waals surface area (Å²) in [5, 5.41) is 13.7. The number of nitrogens with one attached hydrogen (secondary N) is 1. The monoisotopic (exact) mass is 393 g/mol. The lowest BCUT2D eigenvalue weighted by atomic mass is 10.1. The maximum Gasteiger partial charge on any atom is 0.282 e. The van der Waals surface area contributed by atoms with Crippen LogP contribution in [0.1, 0.15) is 22.8 Å². The molecule has 0 atom stereocenters. The van der Waals surface area contributed by atoms with E-state index in [-0.39, 0.29) is 17.8 Å². The predicted molar refractivity (Wildman–Crippen MR) is 106 cm³/mol. The predicted octanol–water partition coefficient (Wildman–Crippen LogP) is 4.11. The Labute approximate surface area is 167 Å². The van der Waals surface area contributed by atoms with Crippen LogP contribution in [0.25, 0.3) is 0 Å². The molecule has 0 bridgehead atoms. The van der Waals surface area contributed by atoms with Gasteiger partial charge < -0.3 is 14.8 Å². The van der Waals surface area contributed by atoms with Gasteiger partial charge in [0.2, 0.25) is 5.88 Å². The Bertz CT molecular complexity index is 1010. The maximum absolute atomic E-state index is 12.3. The van der Waals surface area contributed by atoms with Crippen molar-refractivity contribution < 1.29 is 19.2 Å². The number of aromatic nitrogens is 1. The molecule has 1 heterocycles. The van der Waals surface area contributed by atoms with Crippen molar-refractivity contribution in [3.05, 3.63) is 88.1 Å². The Kier molecular flexibility index (Phi) is 6.36. The van der Waals surface area contributed by atoms with E-state index >= 15 is 0 Å². The summed E-state index contributed by atoms with van der Waals surface area (Å²) < 4.78 is 11.3. The van der Waals surface area contributed by atoms with Gasteiger partial charge in [-0.1, -0.05) is 30.3 Å². The summed E-state index contributed by atoms with van der Waals surface area (Å²) in [6, 6.07) is 16.5. The number of nitrogens with zero attached hydrogens (tertiary/aromatic N) is 2. The number of amides is 1. The first-order chi connectivity index (χ1) is 14.1. The average Bonchev–Trinajstić information content (AvgIpc) is 2.74. The van der Waals surface area contributed by atoms with Gasteiger partial charge in [0.1, 0.15) is 5.56 Å². The average molecular weight is 393 g/mol. The molecule has 1 aromatic heterocycles. The fourth-order valence-corrected chi connectivity index (χ4v) is 2.60. The minimum absolute atomic E-state index is 0.0120. The molecule has 3 rings (SSSR count). The largest absolute Gasteiger partial charge is 0.490 e. The van der Waals surface area contributed by atoms with E-state index in [0.29, 0.717) is 24.0 Å². The molecule has 0 aliphatic heterocycles. The molecule has 0 aliphatic carbocycles. The first-order valence-corrected chi connectivity index (χ1v) is 8.94. The summed E-state index contributed by atoms with van der Waals surface area (Å²) in [5.74, 6) is 1.03. The molecule has 0 spiro atoms. The van der Waals surface area contributed by atoms with Gasteiger partial charge in [-0.15, -0.1) is 0 Å². The van der Waals surface area contributed by atoms with Gasteiger partial charge in [-0.25, -0.2) is 4.98 Å². The summed E-state index contributed by atoms with van der Waals surface area (Å²) in [5.41, 5.74) is 0.500. The van der Waals surface area contributed by atoms with Crippen molar-refractivity contribution in [1.29, 1.82) is 0 Å². The molecule has 0 radical (unpaired) electrons. The van der Waals surface area contributed by atoms with E-state index in [9.17, 15) is 14.9 Å². The molecular formula is C21H19N3O5. The van der Waals surface area contributed by atoms with Gasteiger partial charge in [-0.05, 0) is 30.7 Å². The molecule has 0 saturated carbocycles. The minimum Gasteiger partial charge on any atom is -0.490 e. The van der Waals surface area contributed by atoms with Crippen molar-refractivity contribution in [2.75, 3.05) is 6.61 Å². The van der Waals surface area contributed by atoms with Gasteiger partial charge in [0, 0.05) is 24.9 Å². The van der Waals surface area contributed by atoms with Crippen molar-refractivity contribution in [3.63, 3.8) is 0 Å². The number of rotatable bonds is 8. The molecule has 0 fully saturated rings. The Morgan fingerprint density at radius 1 is 1.07 bits per heavy atom. The molecule has 29 heavy (non-hydrogen) atoms. The number of hydrogen-bond donors (Lipinski definition) is 1. The third-order valence-electron chi connectivity index (χ3n) is 3.96. The lowest BCUT2D eigenvalue weighted by Gasteiger charge is -2.11. The van der Waals surface area contributed by atoms with Crippen LogP contribution in [-0.4, -0.2) is 22.4 Å². The van der Waals surface area contributed by atoms with E-state index in [1.807, 2.05) is 25.1 Å². The highest BCUT2D eigenvalue weighted by atomic mass is 16.6. The van der Waals surface area contributed by atoms with E-state index in [1.165, 1.54) is 18.2 Å². The van der Waals surface area contributed by atoms with Crippen LogP contribution in [0.4, 0.5) is 5.69 Å². The van der Waals surface area contributed by atoms with Crippen molar-refractivity contribution in [3.8, 4) is 17.4 Å². The third-order valence-corrected chi connectivity index (χ3v) is 3.96. The number of carbonyl (C=O) groups is 1. The summed E-state index contributed by atoms with van der Waals surface area (Å²) in [6.07, 6.45) is 1.57. The number of nitro benzene ring substituents is 1. The summed E-state index contributed by atoms with van der Waals surface area (Å²) in [7, 11) is 0. The topological polar surface area (TPSA) is 104 Å². The molecular weight excluding hydrogens is 374 g/mol. The molecule has 0 unspecified atom stereocenters. The van der Waals surface area contributed by atoms with Crippen LogP contribution in [0, 0.1) is 10.1 Å². The second kappa shape index (κ2) is 9.32. The van der Waals surface area contributed by atoms with Crippen LogP contribution >= 0.6 is 0 Å². The highest BCUT2D eigenvalue weighted by molar-refractivity contribution is 5.98. The molecule has 2 aromatic carbocycles. The van der Waals surface area contributed by atoms with Gasteiger partial charge >= 0.3 is 0 Å².